The molecule has 102 valence electrons. The van der Waals surface area contributed by atoms with E-state index in [1.54, 1.807) is 29.8 Å². The van der Waals surface area contributed by atoms with Gasteiger partial charge in [0.15, 0.2) is 0 Å². The molecule has 7 heteroatoms. The van der Waals surface area contributed by atoms with E-state index < -0.39 is 4.92 Å². The van der Waals surface area contributed by atoms with Gasteiger partial charge in [-0.2, -0.15) is 5.26 Å². The Morgan fingerprint density at radius 3 is 2.85 bits per heavy atom. The topological polar surface area (TPSA) is 83.9 Å². The first-order chi connectivity index (χ1) is 9.51. The van der Waals surface area contributed by atoms with Gasteiger partial charge in [0, 0.05) is 30.3 Å². The smallest absolute Gasteiger partial charge is 0.293 e. The standard InChI is InChI=1S/C13H11BrN4O2/c1-17-8-9(4-11(17)6-15)7-16-12-3-2-10(14)5-13(12)18(19)20/h2-5,8,16H,7H2,1H3. The van der Waals surface area contributed by atoms with Crippen LogP contribution in [0.2, 0.25) is 0 Å². The number of nitrogens with zero attached hydrogens (tertiary/aromatic N) is 3. The molecular weight excluding hydrogens is 324 g/mol. The van der Waals surface area contributed by atoms with Crippen molar-refractivity contribution in [3.63, 3.8) is 0 Å². The molecule has 0 atom stereocenters. The molecule has 0 saturated carbocycles. The summed E-state index contributed by atoms with van der Waals surface area (Å²) in [6.45, 7) is 0.415. The van der Waals surface area contributed by atoms with Crippen LogP contribution in [0.3, 0.4) is 0 Å². The Kier molecular flexibility index (Phi) is 4.05. The van der Waals surface area contributed by atoms with Crippen molar-refractivity contribution in [3.8, 4) is 6.07 Å². The van der Waals surface area contributed by atoms with Crippen LogP contribution in [-0.4, -0.2) is 9.49 Å². The molecule has 1 heterocycles. The van der Waals surface area contributed by atoms with Crippen molar-refractivity contribution >= 4 is 27.3 Å². The largest absolute Gasteiger partial charge is 0.375 e. The molecule has 1 aromatic heterocycles. The van der Waals surface area contributed by atoms with Crippen molar-refractivity contribution in [2.45, 2.75) is 6.54 Å². The summed E-state index contributed by atoms with van der Waals surface area (Å²) in [6, 6.07) is 8.66. The Labute approximate surface area is 123 Å². The summed E-state index contributed by atoms with van der Waals surface area (Å²) in [6.07, 6.45) is 1.82. The van der Waals surface area contributed by atoms with Gasteiger partial charge in [0.2, 0.25) is 0 Å². The number of hydrogen-bond acceptors (Lipinski definition) is 4. The monoisotopic (exact) mass is 334 g/mol. The summed E-state index contributed by atoms with van der Waals surface area (Å²) in [5.74, 6) is 0. The highest BCUT2D eigenvalue weighted by Crippen LogP contribution is 2.28. The highest BCUT2D eigenvalue weighted by molar-refractivity contribution is 9.10. The van der Waals surface area contributed by atoms with Crippen LogP contribution in [0, 0.1) is 21.4 Å². The quantitative estimate of drug-likeness (QED) is 0.687. The van der Waals surface area contributed by atoms with Crippen LogP contribution in [-0.2, 0) is 13.6 Å². The Hall–Kier alpha value is -2.33. The summed E-state index contributed by atoms with van der Waals surface area (Å²) >= 11 is 3.21. The Morgan fingerprint density at radius 1 is 1.50 bits per heavy atom. The molecule has 0 aliphatic rings. The summed E-state index contributed by atoms with van der Waals surface area (Å²) in [7, 11) is 1.78. The normalized spacial score (nSPS) is 10.1. The van der Waals surface area contributed by atoms with Crippen molar-refractivity contribution in [3.05, 3.63) is 56.3 Å². The number of nitro groups is 1. The predicted molar refractivity (Wildman–Crippen MR) is 78.3 cm³/mol. The molecule has 2 rings (SSSR count). The number of anilines is 1. The average Bonchev–Trinajstić information content (AvgIpc) is 2.77. The van der Waals surface area contributed by atoms with Crippen molar-refractivity contribution < 1.29 is 4.92 Å². The number of nitro benzene ring substituents is 1. The van der Waals surface area contributed by atoms with Crippen LogP contribution in [0.25, 0.3) is 0 Å². The third-order valence-electron chi connectivity index (χ3n) is 2.82. The minimum atomic E-state index is -0.432. The number of hydrogen-bond donors (Lipinski definition) is 1. The number of aromatic nitrogens is 1. The highest BCUT2D eigenvalue weighted by Gasteiger charge is 2.14. The molecule has 0 unspecified atom stereocenters. The summed E-state index contributed by atoms with van der Waals surface area (Å²) in [5.41, 5.74) is 1.89. The number of rotatable bonds is 4. The van der Waals surface area contributed by atoms with Crippen molar-refractivity contribution in [2.24, 2.45) is 7.05 Å². The van der Waals surface area contributed by atoms with Gasteiger partial charge in [-0.15, -0.1) is 0 Å². The lowest BCUT2D eigenvalue weighted by Gasteiger charge is -2.06. The van der Waals surface area contributed by atoms with Gasteiger partial charge < -0.3 is 9.88 Å². The number of nitrogens with one attached hydrogen (secondary N) is 1. The average molecular weight is 335 g/mol. The molecule has 0 aliphatic heterocycles. The Morgan fingerprint density at radius 2 is 2.25 bits per heavy atom. The minimum absolute atomic E-state index is 0.0100. The van der Waals surface area contributed by atoms with Crippen LogP contribution in [0.1, 0.15) is 11.3 Å². The zero-order chi connectivity index (χ0) is 14.7. The van der Waals surface area contributed by atoms with Crippen molar-refractivity contribution in [1.82, 2.24) is 4.57 Å². The van der Waals surface area contributed by atoms with Crippen LogP contribution >= 0.6 is 15.9 Å². The van der Waals surface area contributed by atoms with Gasteiger partial charge in [0.1, 0.15) is 17.5 Å². The first kappa shape index (κ1) is 14.1. The maximum Gasteiger partial charge on any atom is 0.293 e. The molecule has 0 bridgehead atoms. The molecule has 0 amide bonds. The molecular formula is C13H11BrN4O2. The SMILES string of the molecule is Cn1cc(CNc2ccc(Br)cc2[N+](=O)[O-])cc1C#N. The molecule has 0 saturated heterocycles. The van der Waals surface area contributed by atoms with E-state index in [1.165, 1.54) is 6.07 Å². The first-order valence-electron chi connectivity index (χ1n) is 5.74. The van der Waals surface area contributed by atoms with Gasteiger partial charge >= 0.3 is 0 Å². The van der Waals surface area contributed by atoms with Gasteiger partial charge in [0.05, 0.1) is 4.92 Å². The lowest BCUT2D eigenvalue weighted by atomic mass is 10.2. The third-order valence-corrected chi connectivity index (χ3v) is 3.31. The highest BCUT2D eigenvalue weighted by atomic mass is 79.9. The van der Waals surface area contributed by atoms with Crippen molar-refractivity contribution in [1.29, 1.82) is 5.26 Å². The number of benzene rings is 1. The van der Waals surface area contributed by atoms with E-state index in [4.69, 9.17) is 5.26 Å². The maximum atomic E-state index is 11.0. The van der Waals surface area contributed by atoms with E-state index >= 15 is 0 Å². The van der Waals surface area contributed by atoms with E-state index in [1.807, 2.05) is 6.20 Å². The predicted octanol–water partition coefficient (Wildman–Crippen LogP) is 3.18. The fourth-order valence-corrected chi connectivity index (χ4v) is 2.19. The molecule has 20 heavy (non-hydrogen) atoms. The van der Waals surface area contributed by atoms with Crippen LogP contribution < -0.4 is 5.32 Å². The second-order valence-electron chi connectivity index (χ2n) is 4.23. The summed E-state index contributed by atoms with van der Waals surface area (Å²) in [5, 5.41) is 22.9. The van der Waals surface area contributed by atoms with Gasteiger partial charge in [-0.1, -0.05) is 15.9 Å². The Bertz CT molecular complexity index is 703. The molecule has 0 fully saturated rings. The molecule has 0 spiro atoms. The van der Waals surface area contributed by atoms with E-state index in [2.05, 4.69) is 27.3 Å². The molecule has 1 N–H and O–H groups in total. The van der Waals surface area contributed by atoms with Crippen molar-refractivity contribution in [2.75, 3.05) is 5.32 Å². The molecule has 6 nitrogen and oxygen atoms in total. The number of aryl methyl sites for hydroxylation is 1. The lowest BCUT2D eigenvalue weighted by Crippen LogP contribution is -2.02. The zero-order valence-electron chi connectivity index (χ0n) is 10.6. The molecule has 0 radical (unpaired) electrons. The zero-order valence-corrected chi connectivity index (χ0v) is 12.2. The number of nitriles is 1. The first-order valence-corrected chi connectivity index (χ1v) is 6.53. The molecule has 2 aromatic rings. The third kappa shape index (κ3) is 2.97. The van der Waals surface area contributed by atoms with Crippen LogP contribution in [0.5, 0.6) is 0 Å². The Balaban J connectivity index is 2.18. The second-order valence-corrected chi connectivity index (χ2v) is 5.14. The maximum absolute atomic E-state index is 11.0. The van der Waals surface area contributed by atoms with E-state index in [9.17, 15) is 10.1 Å². The van der Waals surface area contributed by atoms with Crippen LogP contribution in [0.15, 0.2) is 34.9 Å². The van der Waals surface area contributed by atoms with Gasteiger partial charge in [-0.3, -0.25) is 10.1 Å². The second kappa shape index (κ2) is 5.75. The molecule has 0 aliphatic carbocycles. The van der Waals surface area contributed by atoms with E-state index in [0.717, 1.165) is 5.56 Å². The fraction of sp³-hybridized carbons (Fsp3) is 0.154. The minimum Gasteiger partial charge on any atom is -0.375 e. The van der Waals surface area contributed by atoms with E-state index in [-0.39, 0.29) is 5.69 Å². The van der Waals surface area contributed by atoms with Gasteiger partial charge in [-0.25, -0.2) is 0 Å². The van der Waals surface area contributed by atoms with Gasteiger partial charge in [-0.05, 0) is 23.8 Å². The molecule has 1 aromatic carbocycles. The lowest BCUT2D eigenvalue weighted by molar-refractivity contribution is -0.384. The van der Waals surface area contributed by atoms with E-state index in [0.29, 0.717) is 22.4 Å². The summed E-state index contributed by atoms with van der Waals surface area (Å²) < 4.78 is 2.37. The van der Waals surface area contributed by atoms with Gasteiger partial charge in [0.25, 0.3) is 5.69 Å². The summed E-state index contributed by atoms with van der Waals surface area (Å²) in [4.78, 5) is 10.6. The number of halogens is 1. The van der Waals surface area contributed by atoms with Crippen LogP contribution in [0.4, 0.5) is 11.4 Å². The fourth-order valence-electron chi connectivity index (χ4n) is 1.84.